The number of hydrogen-bond donors (Lipinski definition) is 3. The van der Waals surface area contributed by atoms with Crippen LogP contribution in [-0.2, 0) is 9.59 Å². The van der Waals surface area contributed by atoms with Crippen molar-refractivity contribution >= 4 is 17.7 Å². The van der Waals surface area contributed by atoms with E-state index in [1.165, 1.54) is 19.3 Å². The van der Waals surface area contributed by atoms with Gasteiger partial charge in [0, 0.05) is 0 Å². The lowest BCUT2D eigenvalue weighted by Crippen LogP contribution is -2.47. The fraction of sp³-hybridized carbons (Fsp3) is 0.308. The molecule has 0 fully saturated rings. The summed E-state index contributed by atoms with van der Waals surface area (Å²) in [6.45, 7) is 1.39. The molecule has 1 atom stereocenters. The SMILES string of the molecule is C#CCNC(=O)CNC(=O)C(C)NC(=O)c1ccco1. The molecule has 0 aromatic carbocycles. The minimum absolute atomic E-state index is 0.0967. The third-order valence-corrected chi connectivity index (χ3v) is 2.30. The van der Waals surface area contributed by atoms with Gasteiger partial charge in [0.1, 0.15) is 6.04 Å². The Balaban J connectivity index is 2.34. The summed E-state index contributed by atoms with van der Waals surface area (Å²) >= 11 is 0. The summed E-state index contributed by atoms with van der Waals surface area (Å²) in [6, 6.07) is 2.25. The highest BCUT2D eigenvalue weighted by Crippen LogP contribution is 1.99. The molecule has 0 aliphatic rings. The van der Waals surface area contributed by atoms with E-state index in [9.17, 15) is 14.4 Å². The Morgan fingerprint density at radius 2 is 2.15 bits per heavy atom. The summed E-state index contributed by atoms with van der Waals surface area (Å²) in [4.78, 5) is 34.5. The van der Waals surface area contributed by atoms with E-state index in [2.05, 4.69) is 21.9 Å². The van der Waals surface area contributed by atoms with Crippen molar-refractivity contribution in [3.05, 3.63) is 24.2 Å². The number of hydrogen-bond acceptors (Lipinski definition) is 4. The van der Waals surface area contributed by atoms with Crippen LogP contribution in [-0.4, -0.2) is 36.9 Å². The van der Waals surface area contributed by atoms with E-state index in [-0.39, 0.29) is 18.8 Å². The van der Waals surface area contributed by atoms with Gasteiger partial charge in [-0.3, -0.25) is 14.4 Å². The van der Waals surface area contributed by atoms with Gasteiger partial charge in [0.05, 0.1) is 19.4 Å². The third-order valence-electron chi connectivity index (χ3n) is 2.30. The second-order valence-corrected chi connectivity index (χ2v) is 3.87. The van der Waals surface area contributed by atoms with Crippen LogP contribution >= 0.6 is 0 Å². The average Bonchev–Trinajstić information content (AvgIpc) is 2.96. The van der Waals surface area contributed by atoms with Gasteiger partial charge in [-0.15, -0.1) is 6.42 Å². The standard InChI is InChI=1S/C13H15N3O4/c1-3-6-14-11(17)8-15-12(18)9(2)16-13(19)10-5-4-7-20-10/h1,4-5,7,9H,6,8H2,2H3,(H,14,17)(H,15,18)(H,16,19). The molecule has 3 N–H and O–H groups in total. The normalized spacial score (nSPS) is 11.0. The quantitative estimate of drug-likeness (QED) is 0.596. The van der Waals surface area contributed by atoms with Gasteiger partial charge in [-0.1, -0.05) is 5.92 Å². The summed E-state index contributed by atoms with van der Waals surface area (Å²) in [5.74, 6) is 0.954. The van der Waals surface area contributed by atoms with Crippen LogP contribution in [0.15, 0.2) is 22.8 Å². The Morgan fingerprint density at radius 1 is 1.40 bits per heavy atom. The smallest absolute Gasteiger partial charge is 0.287 e. The van der Waals surface area contributed by atoms with Gasteiger partial charge in [0.2, 0.25) is 11.8 Å². The van der Waals surface area contributed by atoms with Crippen molar-refractivity contribution in [1.82, 2.24) is 16.0 Å². The molecule has 0 aliphatic heterocycles. The van der Waals surface area contributed by atoms with Gasteiger partial charge in [0.15, 0.2) is 5.76 Å². The fourth-order valence-corrected chi connectivity index (χ4v) is 1.27. The molecule has 0 saturated heterocycles. The molecular formula is C13H15N3O4. The lowest BCUT2D eigenvalue weighted by atomic mass is 10.3. The maximum absolute atomic E-state index is 11.6. The molecule has 0 radical (unpaired) electrons. The minimum atomic E-state index is -0.798. The molecule has 0 aliphatic carbocycles. The Hall–Kier alpha value is -2.75. The predicted molar refractivity (Wildman–Crippen MR) is 70.5 cm³/mol. The monoisotopic (exact) mass is 277 g/mol. The van der Waals surface area contributed by atoms with Crippen molar-refractivity contribution in [2.45, 2.75) is 13.0 Å². The molecule has 0 bridgehead atoms. The predicted octanol–water partition coefficient (Wildman–Crippen LogP) is -0.736. The molecule has 1 heterocycles. The minimum Gasteiger partial charge on any atom is -0.459 e. The summed E-state index contributed by atoms with van der Waals surface area (Å²) < 4.78 is 4.89. The first kappa shape index (κ1) is 15.3. The van der Waals surface area contributed by atoms with Crippen molar-refractivity contribution in [2.24, 2.45) is 0 Å². The highest BCUT2D eigenvalue weighted by atomic mass is 16.3. The lowest BCUT2D eigenvalue weighted by Gasteiger charge is -2.12. The number of amides is 3. The van der Waals surface area contributed by atoms with E-state index >= 15 is 0 Å². The number of terminal acetylenes is 1. The lowest BCUT2D eigenvalue weighted by molar-refractivity contribution is -0.126. The molecule has 7 heteroatoms. The Kier molecular flexibility index (Phi) is 5.84. The maximum Gasteiger partial charge on any atom is 0.287 e. The van der Waals surface area contributed by atoms with E-state index in [1.807, 2.05) is 0 Å². The zero-order valence-corrected chi connectivity index (χ0v) is 10.9. The van der Waals surface area contributed by atoms with Gasteiger partial charge >= 0.3 is 0 Å². The molecule has 20 heavy (non-hydrogen) atoms. The Labute approximate surface area is 116 Å². The van der Waals surface area contributed by atoms with Gasteiger partial charge in [-0.05, 0) is 19.1 Å². The number of furan rings is 1. The van der Waals surface area contributed by atoms with Crippen LogP contribution < -0.4 is 16.0 Å². The highest BCUT2D eigenvalue weighted by molar-refractivity contribution is 5.96. The van der Waals surface area contributed by atoms with Crippen molar-refractivity contribution in [3.63, 3.8) is 0 Å². The van der Waals surface area contributed by atoms with Gasteiger partial charge in [0.25, 0.3) is 5.91 Å². The molecule has 1 rings (SSSR count). The number of carbonyl (C=O) groups excluding carboxylic acids is 3. The largest absolute Gasteiger partial charge is 0.459 e. The first-order chi connectivity index (χ1) is 9.54. The number of rotatable bonds is 6. The second-order valence-electron chi connectivity index (χ2n) is 3.87. The first-order valence-electron chi connectivity index (χ1n) is 5.87. The Morgan fingerprint density at radius 3 is 2.75 bits per heavy atom. The van der Waals surface area contributed by atoms with E-state index in [0.717, 1.165) is 0 Å². The third kappa shape index (κ3) is 4.86. The zero-order chi connectivity index (χ0) is 15.0. The van der Waals surface area contributed by atoms with Crippen LogP contribution in [0, 0.1) is 12.3 Å². The molecule has 3 amide bonds. The molecule has 1 aromatic heterocycles. The number of carbonyl (C=O) groups is 3. The molecule has 0 saturated carbocycles. The van der Waals surface area contributed by atoms with E-state index < -0.39 is 23.8 Å². The van der Waals surface area contributed by atoms with Crippen LogP contribution in [0.3, 0.4) is 0 Å². The summed E-state index contributed by atoms with van der Waals surface area (Å²) in [5, 5.41) is 7.21. The fourth-order valence-electron chi connectivity index (χ4n) is 1.27. The molecular weight excluding hydrogens is 262 g/mol. The summed E-state index contributed by atoms with van der Waals surface area (Å²) in [5.41, 5.74) is 0. The van der Waals surface area contributed by atoms with Crippen molar-refractivity contribution in [2.75, 3.05) is 13.1 Å². The molecule has 106 valence electrons. The van der Waals surface area contributed by atoms with E-state index in [4.69, 9.17) is 10.8 Å². The van der Waals surface area contributed by atoms with Gasteiger partial charge in [-0.25, -0.2) is 0 Å². The first-order valence-corrected chi connectivity index (χ1v) is 5.87. The topological polar surface area (TPSA) is 100 Å². The Bertz CT molecular complexity index is 516. The maximum atomic E-state index is 11.6. The van der Waals surface area contributed by atoms with E-state index in [1.54, 1.807) is 6.07 Å². The summed E-state index contributed by atoms with van der Waals surface area (Å²) in [7, 11) is 0. The summed E-state index contributed by atoms with van der Waals surface area (Å²) in [6.07, 6.45) is 6.33. The average molecular weight is 277 g/mol. The molecule has 0 spiro atoms. The highest BCUT2D eigenvalue weighted by Gasteiger charge is 2.18. The van der Waals surface area contributed by atoms with Crippen molar-refractivity contribution < 1.29 is 18.8 Å². The zero-order valence-electron chi connectivity index (χ0n) is 10.9. The van der Waals surface area contributed by atoms with Crippen LogP contribution in [0.4, 0.5) is 0 Å². The second kappa shape index (κ2) is 7.63. The van der Waals surface area contributed by atoms with Crippen molar-refractivity contribution in [3.8, 4) is 12.3 Å². The van der Waals surface area contributed by atoms with E-state index in [0.29, 0.717) is 0 Å². The van der Waals surface area contributed by atoms with Gasteiger partial charge < -0.3 is 20.4 Å². The van der Waals surface area contributed by atoms with Crippen molar-refractivity contribution in [1.29, 1.82) is 0 Å². The molecule has 1 unspecified atom stereocenters. The molecule has 7 nitrogen and oxygen atoms in total. The van der Waals surface area contributed by atoms with Crippen LogP contribution in [0.1, 0.15) is 17.5 Å². The van der Waals surface area contributed by atoms with Crippen LogP contribution in [0.5, 0.6) is 0 Å². The van der Waals surface area contributed by atoms with Gasteiger partial charge in [-0.2, -0.15) is 0 Å². The number of nitrogens with one attached hydrogen (secondary N) is 3. The van der Waals surface area contributed by atoms with Crippen LogP contribution in [0.25, 0.3) is 0 Å². The molecule has 1 aromatic rings. The van der Waals surface area contributed by atoms with Crippen LogP contribution in [0.2, 0.25) is 0 Å².